The van der Waals surface area contributed by atoms with E-state index in [9.17, 15) is 13.7 Å². The molecule has 0 amide bonds. The minimum Gasteiger partial charge on any atom is -0.480 e. The summed E-state index contributed by atoms with van der Waals surface area (Å²) in [5.41, 5.74) is 3.08. The van der Waals surface area contributed by atoms with E-state index in [2.05, 4.69) is 14.3 Å². The molecule has 1 aromatic carbocycles. The Morgan fingerprint density at radius 2 is 1.88 bits per heavy atom. The van der Waals surface area contributed by atoms with Crippen molar-refractivity contribution < 1.29 is 32.7 Å². The quantitative estimate of drug-likeness (QED) is 0.472. The van der Waals surface area contributed by atoms with Crippen LogP contribution in [0, 0.1) is 5.82 Å². The molecule has 6 rings (SSSR count). The maximum absolute atomic E-state index is 14.9. The second-order valence-corrected chi connectivity index (χ2v) is 12.9. The van der Waals surface area contributed by atoms with Crippen molar-refractivity contribution in [1.29, 1.82) is 0 Å². The third kappa shape index (κ3) is 5.17. The van der Waals surface area contributed by atoms with Gasteiger partial charge < -0.3 is 24.1 Å². The first-order chi connectivity index (χ1) is 19.1. The Balaban J connectivity index is 1.24. The van der Waals surface area contributed by atoms with Crippen molar-refractivity contribution in [2.24, 2.45) is 9.36 Å². The third-order valence-electron chi connectivity index (χ3n) is 6.73. The van der Waals surface area contributed by atoms with Gasteiger partial charge >= 0.3 is 0 Å². The van der Waals surface area contributed by atoms with Gasteiger partial charge in [-0.05, 0) is 30.3 Å². The number of rotatable bonds is 5. The first kappa shape index (κ1) is 27.0. The Morgan fingerprint density at radius 3 is 2.62 bits per heavy atom. The van der Waals surface area contributed by atoms with Gasteiger partial charge in [-0.1, -0.05) is 11.6 Å². The summed E-state index contributed by atoms with van der Waals surface area (Å²) in [5.74, 6) is 0.122. The maximum atomic E-state index is 14.9. The standard InChI is InChI=1S/C27H26ClFN4O6S/c1-36-27-15(6-7-18(32-27)14-5-4-13(8-17(14)29)33-40(2,3)35)24-16(28)9-19-20(31-24)10-23(30-19)39-22-12-38-25-21(34)11-37-26(22)25/h4-9,21-22,25-26,34H,10-12H2,1-3H3/t21-,22-,25-,26-/m1/s1. The number of halogens is 2. The fourth-order valence-corrected chi connectivity index (χ4v) is 5.86. The summed E-state index contributed by atoms with van der Waals surface area (Å²) in [5, 5.41) is 10.3. The molecule has 0 unspecified atom stereocenters. The fraction of sp³-hybridized carbons (Fsp3) is 0.370. The predicted molar refractivity (Wildman–Crippen MR) is 148 cm³/mol. The summed E-state index contributed by atoms with van der Waals surface area (Å²) in [4.78, 5) is 13.8. The molecule has 0 saturated carbocycles. The van der Waals surface area contributed by atoms with E-state index in [0.29, 0.717) is 52.3 Å². The Bertz CT molecular complexity index is 1650. The number of benzene rings is 1. The molecule has 210 valence electrons. The number of hydrogen-bond acceptors (Lipinski definition) is 10. The van der Waals surface area contributed by atoms with Gasteiger partial charge in [0.2, 0.25) is 5.88 Å². The number of aromatic nitrogens is 2. The van der Waals surface area contributed by atoms with E-state index in [-0.39, 0.29) is 35.9 Å². The Hall–Kier alpha value is -3.16. The van der Waals surface area contributed by atoms with Crippen LogP contribution >= 0.6 is 11.6 Å². The summed E-state index contributed by atoms with van der Waals surface area (Å²) < 4.78 is 53.8. The van der Waals surface area contributed by atoms with Crippen molar-refractivity contribution >= 4 is 38.6 Å². The highest BCUT2D eigenvalue weighted by Gasteiger charge is 2.49. The van der Waals surface area contributed by atoms with Gasteiger partial charge in [-0.25, -0.2) is 23.6 Å². The van der Waals surface area contributed by atoms with E-state index in [4.69, 9.17) is 35.5 Å². The molecule has 0 aliphatic carbocycles. The van der Waals surface area contributed by atoms with Crippen molar-refractivity contribution in [2.45, 2.75) is 30.8 Å². The van der Waals surface area contributed by atoms with Crippen LogP contribution in [0.2, 0.25) is 5.02 Å². The molecular weight excluding hydrogens is 563 g/mol. The molecule has 2 aromatic heterocycles. The Morgan fingerprint density at radius 1 is 1.10 bits per heavy atom. The van der Waals surface area contributed by atoms with Crippen molar-refractivity contribution in [2.75, 3.05) is 32.8 Å². The van der Waals surface area contributed by atoms with E-state index in [1.54, 1.807) is 24.3 Å². The molecule has 3 aliphatic heterocycles. The third-order valence-corrected chi connectivity index (χ3v) is 7.67. The summed E-state index contributed by atoms with van der Waals surface area (Å²) in [6.07, 6.45) is 1.52. The first-order valence-corrected chi connectivity index (χ1v) is 15.2. The molecule has 0 spiro atoms. The zero-order valence-corrected chi connectivity index (χ0v) is 23.4. The molecule has 4 atom stereocenters. The van der Waals surface area contributed by atoms with E-state index < -0.39 is 27.8 Å². The van der Waals surface area contributed by atoms with Crippen LogP contribution in [-0.2, 0) is 30.4 Å². The summed E-state index contributed by atoms with van der Waals surface area (Å²) in [6, 6.07) is 9.42. The second kappa shape index (κ2) is 10.3. The molecular formula is C27H26ClFN4O6S. The van der Waals surface area contributed by atoms with Crippen LogP contribution in [0.25, 0.3) is 22.5 Å². The molecule has 0 bridgehead atoms. The fourth-order valence-electron chi connectivity index (χ4n) is 4.99. The number of pyridine rings is 2. The topological polar surface area (TPSA) is 125 Å². The van der Waals surface area contributed by atoms with Gasteiger partial charge in [0.25, 0.3) is 0 Å². The highest BCUT2D eigenvalue weighted by atomic mass is 35.5. The molecule has 2 saturated heterocycles. The number of hydrogen-bond donors (Lipinski definition) is 1. The normalized spacial score (nSPS) is 23.5. The lowest BCUT2D eigenvalue weighted by atomic mass is 10.1. The van der Waals surface area contributed by atoms with Crippen molar-refractivity contribution in [3.8, 4) is 28.4 Å². The number of aliphatic hydroxyl groups is 1. The Labute approximate surface area is 235 Å². The SMILES string of the molecule is COc1nc(-c2ccc(N=S(C)(C)=O)cc2F)ccc1-c1nc2c(cc1Cl)N=C(O[C@@H]1CO[C@H]3[C@@H]1OC[C@H]3O)C2. The summed E-state index contributed by atoms with van der Waals surface area (Å²) >= 11 is 6.61. The van der Waals surface area contributed by atoms with Crippen LogP contribution in [0.3, 0.4) is 0 Å². The average Bonchev–Trinajstić information content (AvgIpc) is 3.59. The second-order valence-electron chi connectivity index (χ2n) is 9.98. The number of aliphatic hydroxyl groups excluding tert-OH is 1. The van der Waals surface area contributed by atoms with E-state index >= 15 is 0 Å². The lowest BCUT2D eigenvalue weighted by molar-refractivity contribution is 0.00558. The highest BCUT2D eigenvalue weighted by Crippen LogP contribution is 2.39. The molecule has 0 radical (unpaired) electrons. The minimum atomic E-state index is -2.43. The van der Waals surface area contributed by atoms with Crippen LogP contribution in [0.15, 0.2) is 45.8 Å². The van der Waals surface area contributed by atoms with Gasteiger partial charge in [0.05, 0.1) is 65.8 Å². The molecule has 10 nitrogen and oxygen atoms in total. The zero-order valence-electron chi connectivity index (χ0n) is 21.8. The minimum absolute atomic E-state index is 0.214. The summed E-state index contributed by atoms with van der Waals surface area (Å²) in [6.45, 7) is 0.512. The lowest BCUT2D eigenvalue weighted by Crippen LogP contribution is -2.34. The van der Waals surface area contributed by atoms with Gasteiger partial charge in [-0.3, -0.25) is 0 Å². The van der Waals surface area contributed by atoms with Crippen LogP contribution in [0.4, 0.5) is 15.8 Å². The van der Waals surface area contributed by atoms with Crippen LogP contribution in [0.1, 0.15) is 5.69 Å². The van der Waals surface area contributed by atoms with E-state index in [1.807, 2.05) is 0 Å². The van der Waals surface area contributed by atoms with Crippen molar-refractivity contribution in [3.63, 3.8) is 0 Å². The smallest absolute Gasteiger partial charge is 0.223 e. The van der Waals surface area contributed by atoms with E-state index in [1.165, 1.54) is 31.8 Å². The molecule has 13 heteroatoms. The van der Waals surface area contributed by atoms with Crippen LogP contribution < -0.4 is 4.74 Å². The predicted octanol–water partition coefficient (Wildman–Crippen LogP) is 4.10. The molecule has 5 heterocycles. The van der Waals surface area contributed by atoms with Crippen LogP contribution in [-0.4, -0.2) is 82.4 Å². The van der Waals surface area contributed by atoms with Gasteiger partial charge in [0.15, 0.2) is 12.0 Å². The summed E-state index contributed by atoms with van der Waals surface area (Å²) in [7, 11) is -0.965. The number of methoxy groups -OCH3 is 1. The maximum Gasteiger partial charge on any atom is 0.223 e. The van der Waals surface area contributed by atoms with Gasteiger partial charge in [0, 0.05) is 33.9 Å². The lowest BCUT2D eigenvalue weighted by Gasteiger charge is -2.17. The molecule has 1 N–H and O–H groups in total. The molecule has 3 aromatic rings. The van der Waals surface area contributed by atoms with Crippen molar-refractivity contribution in [1.82, 2.24) is 9.97 Å². The zero-order chi connectivity index (χ0) is 28.2. The number of nitrogens with zero attached hydrogens (tertiary/aromatic N) is 4. The highest BCUT2D eigenvalue weighted by molar-refractivity contribution is 7.92. The number of ether oxygens (including phenoxy) is 4. The molecule has 3 aliphatic rings. The monoisotopic (exact) mass is 588 g/mol. The Kier molecular flexibility index (Phi) is 6.99. The molecule has 2 fully saturated rings. The largest absolute Gasteiger partial charge is 0.480 e. The number of aliphatic imine (C=N–C) groups is 1. The van der Waals surface area contributed by atoms with Gasteiger partial charge in [-0.2, -0.15) is 4.36 Å². The van der Waals surface area contributed by atoms with Gasteiger partial charge in [-0.15, -0.1) is 0 Å². The van der Waals surface area contributed by atoms with Gasteiger partial charge in [0.1, 0.15) is 24.1 Å². The van der Waals surface area contributed by atoms with E-state index in [0.717, 1.165) is 0 Å². The first-order valence-electron chi connectivity index (χ1n) is 12.5. The average molecular weight is 589 g/mol. The van der Waals surface area contributed by atoms with Crippen molar-refractivity contribution in [3.05, 3.63) is 52.9 Å². The van der Waals surface area contributed by atoms with Crippen LogP contribution in [0.5, 0.6) is 5.88 Å². The number of fused-ring (bicyclic) bond motifs is 2. The molecule has 40 heavy (non-hydrogen) atoms.